The molecule has 8 heteroatoms. The third-order valence-electron chi connectivity index (χ3n) is 2.98. The van der Waals surface area contributed by atoms with Crippen LogP contribution < -0.4 is 11.3 Å². The van der Waals surface area contributed by atoms with Gasteiger partial charge in [-0.25, -0.2) is 0 Å². The highest BCUT2D eigenvalue weighted by atomic mass is 16.6. The lowest BCUT2D eigenvalue weighted by atomic mass is 10.1. The number of carbonyl (C=O) groups excluding carboxylic acids is 1. The van der Waals surface area contributed by atoms with Crippen LogP contribution in [-0.4, -0.2) is 28.8 Å². The maximum absolute atomic E-state index is 12.3. The van der Waals surface area contributed by atoms with E-state index >= 15 is 0 Å². The summed E-state index contributed by atoms with van der Waals surface area (Å²) in [5, 5.41) is 19.8. The number of nitrogens with two attached hydrogens (primary N) is 1. The number of nitriles is 1. The Hall–Kier alpha value is -2.66. The van der Waals surface area contributed by atoms with Crippen LogP contribution >= 0.6 is 0 Å². The van der Waals surface area contributed by atoms with Crippen LogP contribution in [0, 0.1) is 27.4 Å². The van der Waals surface area contributed by atoms with Crippen LogP contribution in [0.1, 0.15) is 24.2 Å². The summed E-state index contributed by atoms with van der Waals surface area (Å²) >= 11 is 0. The van der Waals surface area contributed by atoms with E-state index in [0.717, 1.165) is 0 Å². The number of nitro benzene ring substituents is 1. The molecule has 1 aromatic carbocycles. The zero-order chi connectivity index (χ0) is 16.0. The minimum atomic E-state index is -0.611. The minimum absolute atomic E-state index is 0.130. The van der Waals surface area contributed by atoms with Crippen molar-refractivity contribution in [1.29, 1.82) is 5.26 Å². The second-order valence-electron chi connectivity index (χ2n) is 4.51. The van der Waals surface area contributed by atoms with Crippen molar-refractivity contribution in [3.8, 4) is 6.07 Å². The van der Waals surface area contributed by atoms with Gasteiger partial charge < -0.3 is 10.3 Å². The average molecular weight is 291 g/mol. The van der Waals surface area contributed by atoms with Crippen LogP contribution in [-0.2, 0) is 0 Å². The molecule has 1 unspecified atom stereocenters. The fourth-order valence-corrected chi connectivity index (χ4v) is 1.85. The van der Waals surface area contributed by atoms with E-state index in [2.05, 4.69) is 11.5 Å². The molecule has 0 saturated carbocycles. The third-order valence-corrected chi connectivity index (χ3v) is 2.98. The second-order valence-corrected chi connectivity index (χ2v) is 4.51. The number of hydrogen-bond acceptors (Lipinski definition) is 6. The Kier molecular flexibility index (Phi) is 5.63. The van der Waals surface area contributed by atoms with Gasteiger partial charge in [-0.2, -0.15) is 5.26 Å². The van der Waals surface area contributed by atoms with E-state index in [1.807, 2.05) is 0 Å². The van der Waals surface area contributed by atoms with Crippen LogP contribution in [0.15, 0.2) is 18.2 Å². The largest absolute Gasteiger partial charge is 0.338 e. The van der Waals surface area contributed by atoms with Gasteiger partial charge >= 0.3 is 0 Å². The molecule has 3 N–H and O–H groups in total. The van der Waals surface area contributed by atoms with Gasteiger partial charge in [0.1, 0.15) is 5.69 Å². The van der Waals surface area contributed by atoms with Crippen molar-refractivity contribution in [2.45, 2.75) is 13.8 Å². The van der Waals surface area contributed by atoms with Crippen molar-refractivity contribution >= 4 is 17.3 Å². The van der Waals surface area contributed by atoms with Crippen molar-refractivity contribution in [1.82, 2.24) is 4.90 Å². The third kappa shape index (κ3) is 3.90. The van der Waals surface area contributed by atoms with Crippen LogP contribution in [0.25, 0.3) is 0 Å². The number of carbonyl (C=O) groups is 1. The van der Waals surface area contributed by atoms with Crippen LogP contribution in [0.4, 0.5) is 11.4 Å². The molecule has 0 radical (unpaired) electrons. The van der Waals surface area contributed by atoms with Crippen LogP contribution in [0.3, 0.4) is 0 Å². The molecular weight excluding hydrogens is 274 g/mol. The molecule has 0 aliphatic heterocycles. The predicted molar refractivity (Wildman–Crippen MR) is 77.3 cm³/mol. The number of rotatable bonds is 6. The van der Waals surface area contributed by atoms with E-state index in [1.165, 1.54) is 23.1 Å². The second kappa shape index (κ2) is 7.21. The molecule has 1 rings (SSSR count). The molecule has 21 heavy (non-hydrogen) atoms. The topological polar surface area (TPSA) is 125 Å². The molecule has 0 saturated heterocycles. The number of benzene rings is 1. The molecule has 0 aliphatic carbocycles. The number of nitrogens with zero attached hydrogens (tertiary/aromatic N) is 3. The van der Waals surface area contributed by atoms with Gasteiger partial charge in [0, 0.05) is 24.7 Å². The number of nitrogens with one attached hydrogen (secondary N) is 1. The van der Waals surface area contributed by atoms with Crippen molar-refractivity contribution < 1.29 is 9.72 Å². The standard InChI is InChI=1S/C13H17N5O3/c1-3-17(8-9(2)7-14)13(19)10-4-5-11(16-15)12(6-10)18(20)21/h4-6,9,16H,3,8,15H2,1-2H3. The Morgan fingerprint density at radius 1 is 1.62 bits per heavy atom. The van der Waals surface area contributed by atoms with Gasteiger partial charge in [-0.1, -0.05) is 0 Å². The lowest BCUT2D eigenvalue weighted by molar-refractivity contribution is -0.384. The summed E-state index contributed by atoms with van der Waals surface area (Å²) in [4.78, 5) is 24.2. The maximum atomic E-state index is 12.3. The summed E-state index contributed by atoms with van der Waals surface area (Å²) in [7, 11) is 0. The van der Waals surface area contributed by atoms with Gasteiger partial charge in [0.15, 0.2) is 0 Å². The first-order valence-corrected chi connectivity index (χ1v) is 6.38. The molecule has 112 valence electrons. The summed E-state index contributed by atoms with van der Waals surface area (Å²) in [6.07, 6.45) is 0. The Morgan fingerprint density at radius 2 is 2.29 bits per heavy atom. The SMILES string of the molecule is CCN(CC(C)C#N)C(=O)c1ccc(NN)c([N+](=O)[O-])c1. The highest BCUT2D eigenvalue weighted by molar-refractivity contribution is 5.95. The summed E-state index contributed by atoms with van der Waals surface area (Å²) in [5.74, 6) is 4.53. The van der Waals surface area contributed by atoms with Gasteiger partial charge in [-0.3, -0.25) is 20.8 Å². The molecule has 1 amide bonds. The first-order valence-electron chi connectivity index (χ1n) is 6.38. The summed E-state index contributed by atoms with van der Waals surface area (Å²) < 4.78 is 0. The number of nitro groups is 1. The van der Waals surface area contributed by atoms with E-state index in [0.29, 0.717) is 6.54 Å². The molecule has 1 atom stereocenters. The molecule has 8 nitrogen and oxygen atoms in total. The number of nitrogen functional groups attached to an aromatic ring is 1. The summed E-state index contributed by atoms with van der Waals surface area (Å²) in [5.41, 5.74) is 2.26. The smallest absolute Gasteiger partial charge is 0.294 e. The maximum Gasteiger partial charge on any atom is 0.294 e. The lowest BCUT2D eigenvalue weighted by Gasteiger charge is -2.22. The van der Waals surface area contributed by atoms with E-state index in [1.54, 1.807) is 13.8 Å². The van der Waals surface area contributed by atoms with E-state index < -0.39 is 4.92 Å². The van der Waals surface area contributed by atoms with Crippen molar-refractivity contribution in [3.05, 3.63) is 33.9 Å². The number of hydrogen-bond donors (Lipinski definition) is 2. The molecule has 0 spiro atoms. The fraction of sp³-hybridized carbons (Fsp3) is 0.385. The molecule has 0 fully saturated rings. The first kappa shape index (κ1) is 16.4. The van der Waals surface area contributed by atoms with Crippen molar-refractivity contribution in [2.75, 3.05) is 18.5 Å². The number of amides is 1. The van der Waals surface area contributed by atoms with E-state index in [4.69, 9.17) is 11.1 Å². The molecular formula is C13H17N5O3. The highest BCUT2D eigenvalue weighted by Gasteiger charge is 2.21. The normalized spacial score (nSPS) is 11.3. The summed E-state index contributed by atoms with van der Waals surface area (Å²) in [6.45, 7) is 4.18. The Bertz CT molecular complexity index is 582. The highest BCUT2D eigenvalue weighted by Crippen LogP contribution is 2.25. The molecule has 0 aromatic heterocycles. The monoisotopic (exact) mass is 291 g/mol. The summed E-state index contributed by atoms with van der Waals surface area (Å²) in [6, 6.07) is 6.08. The minimum Gasteiger partial charge on any atom is -0.338 e. The van der Waals surface area contributed by atoms with Gasteiger partial charge in [0.2, 0.25) is 0 Å². The molecule has 0 heterocycles. The average Bonchev–Trinajstić information content (AvgIpc) is 2.50. The fourth-order valence-electron chi connectivity index (χ4n) is 1.85. The zero-order valence-electron chi connectivity index (χ0n) is 11.9. The van der Waals surface area contributed by atoms with E-state index in [-0.39, 0.29) is 35.3 Å². The van der Waals surface area contributed by atoms with Gasteiger partial charge in [0.05, 0.1) is 16.9 Å². The van der Waals surface area contributed by atoms with Crippen molar-refractivity contribution in [3.63, 3.8) is 0 Å². The van der Waals surface area contributed by atoms with Gasteiger partial charge in [-0.15, -0.1) is 0 Å². The number of anilines is 1. The van der Waals surface area contributed by atoms with Crippen LogP contribution in [0.5, 0.6) is 0 Å². The lowest BCUT2D eigenvalue weighted by Crippen LogP contribution is -2.34. The van der Waals surface area contributed by atoms with Gasteiger partial charge in [0.25, 0.3) is 11.6 Å². The van der Waals surface area contributed by atoms with Crippen LogP contribution in [0.2, 0.25) is 0 Å². The van der Waals surface area contributed by atoms with Crippen molar-refractivity contribution in [2.24, 2.45) is 11.8 Å². The number of hydrazine groups is 1. The van der Waals surface area contributed by atoms with E-state index in [9.17, 15) is 14.9 Å². The zero-order valence-corrected chi connectivity index (χ0v) is 11.9. The molecule has 0 bridgehead atoms. The quantitative estimate of drug-likeness (QED) is 0.464. The van der Waals surface area contributed by atoms with Gasteiger partial charge in [-0.05, 0) is 26.0 Å². The first-order chi connectivity index (χ1) is 9.94. The Labute approximate surface area is 122 Å². The Balaban J connectivity index is 3.09. The Morgan fingerprint density at radius 3 is 2.76 bits per heavy atom. The molecule has 0 aliphatic rings. The molecule has 1 aromatic rings. The predicted octanol–water partition coefficient (Wildman–Crippen LogP) is 1.50.